The molecule has 1 fully saturated rings. The number of thiocarbonyl (C=S) groups is 1. The minimum Gasteiger partial charge on any atom is -0.497 e. The third kappa shape index (κ3) is 5.31. The van der Waals surface area contributed by atoms with Gasteiger partial charge in [0.05, 0.1) is 35.5 Å². The van der Waals surface area contributed by atoms with E-state index in [4.69, 9.17) is 26.4 Å². The van der Waals surface area contributed by atoms with Gasteiger partial charge in [0.15, 0.2) is 22.4 Å². The van der Waals surface area contributed by atoms with Crippen LogP contribution in [0.25, 0.3) is 6.08 Å². The van der Waals surface area contributed by atoms with Crippen molar-refractivity contribution in [3.8, 4) is 17.2 Å². The van der Waals surface area contributed by atoms with Crippen molar-refractivity contribution < 1.29 is 28.5 Å². The SMILES string of the molecule is COC(=O)COc1c(I)cc(/C=C2/SC(=S)N(c3ccc(OC)cc3)C2=O)cc1OC. The van der Waals surface area contributed by atoms with Crippen molar-refractivity contribution in [2.24, 2.45) is 0 Å². The Morgan fingerprint density at radius 3 is 2.48 bits per heavy atom. The van der Waals surface area contributed by atoms with Gasteiger partial charge in [0.2, 0.25) is 0 Å². The summed E-state index contributed by atoms with van der Waals surface area (Å²) in [7, 11) is 4.38. The van der Waals surface area contributed by atoms with E-state index in [1.165, 1.54) is 30.9 Å². The summed E-state index contributed by atoms with van der Waals surface area (Å²) in [6, 6.07) is 10.7. The summed E-state index contributed by atoms with van der Waals surface area (Å²) < 4.78 is 21.9. The zero-order chi connectivity index (χ0) is 22.5. The predicted octanol–water partition coefficient (Wildman–Crippen LogP) is 4.27. The van der Waals surface area contributed by atoms with Gasteiger partial charge >= 0.3 is 5.97 Å². The van der Waals surface area contributed by atoms with E-state index in [1.807, 2.05) is 6.07 Å². The van der Waals surface area contributed by atoms with E-state index in [0.29, 0.717) is 32.2 Å². The number of anilines is 1. The number of nitrogens with zero attached hydrogens (tertiary/aromatic N) is 1. The predicted molar refractivity (Wildman–Crippen MR) is 132 cm³/mol. The van der Waals surface area contributed by atoms with Crippen LogP contribution in [0.5, 0.6) is 17.2 Å². The van der Waals surface area contributed by atoms with Crippen LogP contribution >= 0.6 is 46.6 Å². The molecule has 0 N–H and O–H groups in total. The van der Waals surface area contributed by atoms with E-state index in [9.17, 15) is 9.59 Å². The summed E-state index contributed by atoms with van der Waals surface area (Å²) in [5.41, 5.74) is 1.41. The number of benzene rings is 2. The van der Waals surface area contributed by atoms with Crippen molar-refractivity contribution in [3.63, 3.8) is 0 Å². The van der Waals surface area contributed by atoms with Gasteiger partial charge in [-0.2, -0.15) is 0 Å². The van der Waals surface area contributed by atoms with Gasteiger partial charge in [0, 0.05) is 0 Å². The molecule has 0 unspecified atom stereocenters. The molecule has 1 aliphatic rings. The quantitative estimate of drug-likeness (QED) is 0.211. The molecule has 3 rings (SSSR count). The summed E-state index contributed by atoms with van der Waals surface area (Å²) in [6.45, 7) is -0.233. The number of amides is 1. The Hall–Kier alpha value is -2.31. The Kier molecular flexibility index (Phi) is 7.79. The Morgan fingerprint density at radius 2 is 1.87 bits per heavy atom. The number of carbonyl (C=O) groups is 2. The van der Waals surface area contributed by atoms with Crippen LogP contribution in [0.2, 0.25) is 0 Å². The number of hydrogen-bond donors (Lipinski definition) is 0. The van der Waals surface area contributed by atoms with Gasteiger partial charge in [0.1, 0.15) is 5.75 Å². The second-order valence-corrected chi connectivity index (χ2v) is 8.95. The molecule has 2 aromatic carbocycles. The summed E-state index contributed by atoms with van der Waals surface area (Å²) in [6.07, 6.45) is 1.75. The molecule has 7 nitrogen and oxygen atoms in total. The summed E-state index contributed by atoms with van der Waals surface area (Å²) in [4.78, 5) is 26.4. The van der Waals surface area contributed by atoms with Crippen LogP contribution < -0.4 is 19.1 Å². The molecule has 0 aliphatic carbocycles. The maximum absolute atomic E-state index is 13.0. The fraction of sp³-hybridized carbons (Fsp3) is 0.190. The standard InChI is InChI=1S/C21H18INO6S2/c1-26-14-6-4-13(5-7-14)23-20(25)17(31-21(23)30)10-12-8-15(22)19(16(9-12)27-2)29-11-18(24)28-3/h4-10H,11H2,1-3H3/b17-10+. The maximum Gasteiger partial charge on any atom is 0.343 e. The molecular formula is C21H18INO6S2. The van der Waals surface area contributed by atoms with Gasteiger partial charge in [-0.25, -0.2) is 4.79 Å². The number of carbonyl (C=O) groups excluding carboxylic acids is 2. The second-order valence-electron chi connectivity index (χ2n) is 6.11. The summed E-state index contributed by atoms with van der Waals surface area (Å²) >= 11 is 8.73. The van der Waals surface area contributed by atoms with E-state index in [-0.39, 0.29) is 12.5 Å². The van der Waals surface area contributed by atoms with Crippen molar-refractivity contribution in [2.45, 2.75) is 0 Å². The lowest BCUT2D eigenvalue weighted by atomic mass is 10.1. The van der Waals surface area contributed by atoms with Crippen LogP contribution in [0.3, 0.4) is 0 Å². The number of halogens is 1. The highest BCUT2D eigenvalue weighted by Gasteiger charge is 2.33. The molecule has 0 spiro atoms. The van der Waals surface area contributed by atoms with Crippen molar-refractivity contribution >= 4 is 74.5 Å². The van der Waals surface area contributed by atoms with Crippen LogP contribution in [-0.2, 0) is 14.3 Å². The van der Waals surface area contributed by atoms with Crippen LogP contribution in [-0.4, -0.2) is 44.1 Å². The zero-order valence-electron chi connectivity index (χ0n) is 16.8. The monoisotopic (exact) mass is 571 g/mol. The molecule has 0 bridgehead atoms. The van der Waals surface area contributed by atoms with Gasteiger partial charge in [-0.15, -0.1) is 0 Å². The lowest BCUT2D eigenvalue weighted by Crippen LogP contribution is -2.27. The lowest BCUT2D eigenvalue weighted by molar-refractivity contribution is -0.142. The normalized spacial score (nSPS) is 14.7. The average Bonchev–Trinajstić information content (AvgIpc) is 3.05. The van der Waals surface area contributed by atoms with Crippen molar-refractivity contribution in [2.75, 3.05) is 32.8 Å². The highest BCUT2D eigenvalue weighted by molar-refractivity contribution is 14.1. The third-order valence-electron chi connectivity index (χ3n) is 4.24. The van der Waals surface area contributed by atoms with Gasteiger partial charge in [-0.3, -0.25) is 9.69 Å². The molecule has 2 aromatic rings. The highest BCUT2D eigenvalue weighted by Crippen LogP contribution is 2.39. The lowest BCUT2D eigenvalue weighted by Gasteiger charge is -2.15. The molecule has 1 saturated heterocycles. The number of esters is 1. The molecule has 10 heteroatoms. The Balaban J connectivity index is 1.87. The van der Waals surface area contributed by atoms with E-state index in [1.54, 1.807) is 43.5 Å². The number of methoxy groups -OCH3 is 3. The van der Waals surface area contributed by atoms with Gasteiger partial charge < -0.3 is 18.9 Å². The number of thioether (sulfide) groups is 1. The van der Waals surface area contributed by atoms with Crippen LogP contribution in [0, 0.1) is 3.57 Å². The Morgan fingerprint density at radius 1 is 1.16 bits per heavy atom. The minimum atomic E-state index is -0.496. The first-order chi connectivity index (χ1) is 14.9. The fourth-order valence-electron chi connectivity index (χ4n) is 2.73. The van der Waals surface area contributed by atoms with Crippen LogP contribution in [0.15, 0.2) is 41.3 Å². The fourth-order valence-corrected chi connectivity index (χ4v) is 4.81. The smallest absolute Gasteiger partial charge is 0.343 e. The Bertz CT molecular complexity index is 1050. The van der Waals surface area contributed by atoms with E-state index >= 15 is 0 Å². The maximum atomic E-state index is 13.0. The summed E-state index contributed by atoms with van der Waals surface area (Å²) in [5, 5.41) is 0. The number of ether oxygens (including phenoxy) is 4. The topological polar surface area (TPSA) is 74.3 Å². The average molecular weight is 571 g/mol. The molecule has 0 radical (unpaired) electrons. The molecule has 31 heavy (non-hydrogen) atoms. The summed E-state index contributed by atoms with van der Waals surface area (Å²) in [5.74, 6) is 0.856. The zero-order valence-corrected chi connectivity index (χ0v) is 20.6. The Labute approximate surface area is 202 Å². The second kappa shape index (κ2) is 10.3. The van der Waals surface area contributed by atoms with E-state index in [0.717, 1.165) is 9.13 Å². The molecule has 0 atom stereocenters. The van der Waals surface area contributed by atoms with Crippen molar-refractivity contribution in [3.05, 3.63) is 50.4 Å². The molecule has 0 aromatic heterocycles. The number of rotatable bonds is 7. The molecular weight excluding hydrogens is 553 g/mol. The third-order valence-corrected chi connectivity index (χ3v) is 6.34. The van der Waals surface area contributed by atoms with Gasteiger partial charge in [-0.1, -0.05) is 24.0 Å². The first-order valence-corrected chi connectivity index (χ1v) is 11.2. The first kappa shape index (κ1) is 23.4. The van der Waals surface area contributed by atoms with Crippen molar-refractivity contribution in [1.29, 1.82) is 0 Å². The molecule has 1 heterocycles. The van der Waals surface area contributed by atoms with E-state index < -0.39 is 5.97 Å². The van der Waals surface area contributed by atoms with Crippen LogP contribution in [0.1, 0.15) is 5.56 Å². The number of hydrogen-bond acceptors (Lipinski definition) is 8. The van der Waals surface area contributed by atoms with Crippen LogP contribution in [0.4, 0.5) is 5.69 Å². The van der Waals surface area contributed by atoms with Crippen molar-refractivity contribution in [1.82, 2.24) is 0 Å². The van der Waals surface area contributed by atoms with E-state index in [2.05, 4.69) is 27.3 Å². The highest BCUT2D eigenvalue weighted by atomic mass is 127. The molecule has 1 aliphatic heterocycles. The molecule has 1 amide bonds. The van der Waals surface area contributed by atoms with Gasteiger partial charge in [-0.05, 0) is 70.6 Å². The first-order valence-electron chi connectivity index (χ1n) is 8.87. The molecule has 162 valence electrons. The van der Waals surface area contributed by atoms with Gasteiger partial charge in [0.25, 0.3) is 5.91 Å². The molecule has 0 saturated carbocycles. The largest absolute Gasteiger partial charge is 0.497 e. The minimum absolute atomic E-state index is 0.208.